The molecule has 7 heteroatoms. The van der Waals surface area contributed by atoms with Crippen LogP contribution in [0.3, 0.4) is 0 Å². The summed E-state index contributed by atoms with van der Waals surface area (Å²) in [4.78, 5) is 25.4. The van der Waals surface area contributed by atoms with E-state index in [1.165, 1.54) is 16.7 Å². The maximum atomic E-state index is 12.1. The summed E-state index contributed by atoms with van der Waals surface area (Å²) >= 11 is 1.32. The molecule has 0 spiro atoms. The van der Waals surface area contributed by atoms with Crippen molar-refractivity contribution in [1.29, 1.82) is 0 Å². The first-order valence-electron chi connectivity index (χ1n) is 6.05. The van der Waals surface area contributed by atoms with Crippen LogP contribution in [-0.4, -0.2) is 39.2 Å². The maximum Gasteiger partial charge on any atom is 0.276 e. The number of aryl methyl sites for hydroxylation is 1. The minimum atomic E-state index is -0.243. The van der Waals surface area contributed by atoms with E-state index in [9.17, 15) is 9.59 Å². The Morgan fingerprint density at radius 2 is 1.80 bits per heavy atom. The second-order valence-electron chi connectivity index (χ2n) is 4.24. The molecule has 2 aromatic rings. The molecule has 0 fully saturated rings. The first-order valence-corrected chi connectivity index (χ1v) is 7.03. The number of thioether (sulfide) groups is 1. The van der Waals surface area contributed by atoms with Crippen molar-refractivity contribution in [3.8, 4) is 0 Å². The summed E-state index contributed by atoms with van der Waals surface area (Å²) in [6.45, 7) is 2.03. The molecule has 0 atom stereocenters. The quantitative estimate of drug-likeness (QED) is 0.630. The minimum Gasteiger partial charge on any atom is -0.416 e. The molecule has 0 bridgehead atoms. The van der Waals surface area contributed by atoms with Gasteiger partial charge in [-0.2, -0.15) is 0 Å². The molecule has 0 radical (unpaired) electrons. The molecule has 20 heavy (non-hydrogen) atoms. The van der Waals surface area contributed by atoms with Crippen molar-refractivity contribution >= 4 is 23.6 Å². The smallest absolute Gasteiger partial charge is 0.276 e. The van der Waals surface area contributed by atoms with Crippen molar-refractivity contribution in [3.05, 3.63) is 41.3 Å². The normalized spacial score (nSPS) is 13.9. The monoisotopic (exact) mass is 289 g/mol. The molecule has 0 saturated heterocycles. The van der Waals surface area contributed by atoms with Crippen LogP contribution in [-0.2, 0) is 0 Å². The second kappa shape index (κ2) is 5.09. The zero-order valence-corrected chi connectivity index (χ0v) is 11.5. The first kappa shape index (κ1) is 12.9. The van der Waals surface area contributed by atoms with Crippen LogP contribution in [0.4, 0.5) is 0 Å². The number of carbonyl (C=O) groups excluding carboxylic acids is 2. The van der Waals surface area contributed by atoms with Gasteiger partial charge in [-0.15, -0.1) is 10.2 Å². The summed E-state index contributed by atoms with van der Waals surface area (Å²) in [5, 5.41) is 8.00. The van der Waals surface area contributed by atoms with E-state index in [1.54, 1.807) is 31.2 Å². The minimum absolute atomic E-state index is 0.243. The number of fused-ring (bicyclic) bond motifs is 1. The summed E-state index contributed by atoms with van der Waals surface area (Å²) in [7, 11) is 0. The average molecular weight is 289 g/mol. The molecule has 2 heterocycles. The van der Waals surface area contributed by atoms with Crippen LogP contribution in [0.25, 0.3) is 0 Å². The molecule has 1 aliphatic heterocycles. The van der Waals surface area contributed by atoms with Crippen molar-refractivity contribution in [2.45, 2.75) is 12.1 Å². The highest BCUT2D eigenvalue weighted by atomic mass is 32.2. The Balaban J connectivity index is 1.65. The summed E-state index contributed by atoms with van der Waals surface area (Å²) < 4.78 is 5.22. The van der Waals surface area contributed by atoms with Gasteiger partial charge in [0.25, 0.3) is 17.0 Å². The molecule has 0 N–H and O–H groups in total. The number of nitrogens with zero attached hydrogens (tertiary/aromatic N) is 3. The number of aromatic nitrogens is 2. The molecule has 6 nitrogen and oxygen atoms in total. The van der Waals surface area contributed by atoms with Crippen LogP contribution in [0.5, 0.6) is 0 Å². The molecule has 1 aliphatic rings. The van der Waals surface area contributed by atoms with E-state index in [0.717, 1.165) is 0 Å². The SMILES string of the molecule is Cc1nnc(SCCN2C(=O)c3ccccc3C2=O)o1. The highest BCUT2D eigenvalue weighted by Crippen LogP contribution is 2.23. The topological polar surface area (TPSA) is 76.3 Å². The van der Waals surface area contributed by atoms with E-state index in [-0.39, 0.29) is 11.8 Å². The maximum absolute atomic E-state index is 12.1. The predicted molar refractivity (Wildman–Crippen MR) is 71.6 cm³/mol. The van der Waals surface area contributed by atoms with Gasteiger partial charge in [0.1, 0.15) is 0 Å². The Labute approximate surface area is 119 Å². The van der Waals surface area contributed by atoms with Gasteiger partial charge in [-0.3, -0.25) is 14.5 Å². The van der Waals surface area contributed by atoms with Crippen LogP contribution >= 0.6 is 11.8 Å². The van der Waals surface area contributed by atoms with Gasteiger partial charge in [0, 0.05) is 19.2 Å². The number of amides is 2. The van der Waals surface area contributed by atoms with Crippen LogP contribution in [0, 0.1) is 6.92 Å². The lowest BCUT2D eigenvalue weighted by Crippen LogP contribution is -2.31. The van der Waals surface area contributed by atoms with Gasteiger partial charge in [0.2, 0.25) is 5.89 Å². The van der Waals surface area contributed by atoms with Gasteiger partial charge in [-0.05, 0) is 12.1 Å². The highest BCUT2D eigenvalue weighted by molar-refractivity contribution is 7.99. The van der Waals surface area contributed by atoms with Crippen LogP contribution in [0.1, 0.15) is 26.6 Å². The van der Waals surface area contributed by atoms with Gasteiger partial charge in [0.15, 0.2) is 0 Å². The molecular weight excluding hydrogens is 278 g/mol. The highest BCUT2D eigenvalue weighted by Gasteiger charge is 2.34. The molecule has 2 amide bonds. The zero-order chi connectivity index (χ0) is 14.1. The van der Waals surface area contributed by atoms with E-state index in [0.29, 0.717) is 34.5 Å². The van der Waals surface area contributed by atoms with Crippen molar-refractivity contribution in [1.82, 2.24) is 15.1 Å². The largest absolute Gasteiger partial charge is 0.416 e. The molecule has 1 aromatic heterocycles. The van der Waals surface area contributed by atoms with E-state index in [2.05, 4.69) is 10.2 Å². The molecule has 0 saturated carbocycles. The molecule has 0 aliphatic carbocycles. The third-order valence-electron chi connectivity index (χ3n) is 2.93. The number of hydrogen-bond donors (Lipinski definition) is 0. The molecule has 3 rings (SSSR count). The van der Waals surface area contributed by atoms with Gasteiger partial charge in [-0.25, -0.2) is 0 Å². The first-order chi connectivity index (χ1) is 9.66. The molecular formula is C13H11N3O3S. The third-order valence-corrected chi connectivity index (χ3v) is 3.72. The van der Waals surface area contributed by atoms with E-state index in [1.807, 2.05) is 0 Å². The summed E-state index contributed by atoms with van der Waals surface area (Å²) in [6, 6.07) is 6.85. The number of carbonyl (C=O) groups is 2. The molecule has 102 valence electrons. The number of imide groups is 1. The standard InChI is InChI=1S/C13H11N3O3S/c1-8-14-15-13(19-8)20-7-6-16-11(17)9-4-2-3-5-10(9)12(16)18/h2-5H,6-7H2,1H3. The van der Waals surface area contributed by atoms with Gasteiger partial charge in [0.05, 0.1) is 11.1 Å². The zero-order valence-electron chi connectivity index (χ0n) is 10.7. The number of hydrogen-bond acceptors (Lipinski definition) is 6. The average Bonchev–Trinajstić information content (AvgIpc) is 2.97. The Morgan fingerprint density at radius 3 is 2.35 bits per heavy atom. The third kappa shape index (κ3) is 2.20. The van der Waals surface area contributed by atoms with Crippen LogP contribution < -0.4 is 0 Å². The summed E-state index contributed by atoms with van der Waals surface area (Å²) in [6.07, 6.45) is 0. The van der Waals surface area contributed by atoms with Crippen molar-refractivity contribution < 1.29 is 14.0 Å². The second-order valence-corrected chi connectivity index (χ2v) is 5.29. The lowest BCUT2D eigenvalue weighted by atomic mass is 10.1. The van der Waals surface area contributed by atoms with Crippen LogP contribution in [0.15, 0.2) is 33.9 Å². The fraction of sp³-hybridized carbons (Fsp3) is 0.231. The Bertz CT molecular complexity index is 648. The van der Waals surface area contributed by atoms with Crippen molar-refractivity contribution in [2.75, 3.05) is 12.3 Å². The van der Waals surface area contributed by atoms with Crippen LogP contribution in [0.2, 0.25) is 0 Å². The van der Waals surface area contributed by atoms with E-state index in [4.69, 9.17) is 4.42 Å². The van der Waals surface area contributed by atoms with Gasteiger partial charge < -0.3 is 4.42 Å². The van der Waals surface area contributed by atoms with E-state index < -0.39 is 0 Å². The van der Waals surface area contributed by atoms with Gasteiger partial charge >= 0.3 is 0 Å². The van der Waals surface area contributed by atoms with Crippen molar-refractivity contribution in [2.24, 2.45) is 0 Å². The van der Waals surface area contributed by atoms with Gasteiger partial charge in [-0.1, -0.05) is 23.9 Å². The fourth-order valence-corrected chi connectivity index (χ4v) is 2.73. The Morgan fingerprint density at radius 1 is 1.15 bits per heavy atom. The predicted octanol–water partition coefficient (Wildman–Crippen LogP) is 1.77. The summed E-state index contributed by atoms with van der Waals surface area (Å²) in [5.74, 6) is 0.529. The lowest BCUT2D eigenvalue weighted by Gasteiger charge is -2.12. The number of rotatable bonds is 4. The Hall–Kier alpha value is -2.15. The molecule has 0 unspecified atom stereocenters. The lowest BCUT2D eigenvalue weighted by molar-refractivity contribution is 0.0664. The fourth-order valence-electron chi connectivity index (χ4n) is 2.00. The van der Waals surface area contributed by atoms with E-state index >= 15 is 0 Å². The van der Waals surface area contributed by atoms with Crippen molar-refractivity contribution in [3.63, 3.8) is 0 Å². The molecule has 1 aromatic carbocycles. The number of benzene rings is 1. The summed E-state index contributed by atoms with van der Waals surface area (Å²) in [5.41, 5.74) is 0.937. The Kier molecular flexibility index (Phi) is 3.27.